The molecule has 0 aliphatic heterocycles. The summed E-state index contributed by atoms with van der Waals surface area (Å²) >= 11 is 7.21. The highest BCUT2D eigenvalue weighted by atomic mass is 35.5. The molecule has 1 aliphatic carbocycles. The molecule has 1 aliphatic rings. The van der Waals surface area contributed by atoms with Crippen molar-refractivity contribution >= 4 is 29.3 Å². The fourth-order valence-corrected chi connectivity index (χ4v) is 2.77. The van der Waals surface area contributed by atoms with Crippen LogP contribution in [0.15, 0.2) is 16.5 Å². The van der Waals surface area contributed by atoms with Crippen LogP contribution >= 0.6 is 23.4 Å². The molecule has 2 rings (SSSR count). The fourth-order valence-electron chi connectivity index (χ4n) is 1.35. The van der Waals surface area contributed by atoms with Gasteiger partial charge in [-0.25, -0.2) is 0 Å². The standard InChI is InChI=1S/C10H11ClO3S/c11-8-2-1-7(14-8)5-15-6-10(3-4-10)9(12)13/h1-2H,3-6H2,(H,12,13). The Labute approximate surface area is 96.8 Å². The number of hydrogen-bond donors (Lipinski definition) is 1. The van der Waals surface area contributed by atoms with E-state index in [1.165, 1.54) is 0 Å². The average Bonchev–Trinajstić information content (AvgIpc) is 2.86. The van der Waals surface area contributed by atoms with E-state index >= 15 is 0 Å². The largest absolute Gasteiger partial charge is 0.481 e. The summed E-state index contributed by atoms with van der Waals surface area (Å²) in [5.41, 5.74) is -0.457. The first-order valence-electron chi connectivity index (χ1n) is 4.68. The maximum atomic E-state index is 10.9. The Morgan fingerprint density at radius 1 is 1.60 bits per heavy atom. The molecule has 0 unspecified atom stereocenters. The maximum Gasteiger partial charge on any atom is 0.310 e. The minimum Gasteiger partial charge on any atom is -0.481 e. The van der Waals surface area contributed by atoms with Crippen molar-refractivity contribution in [3.63, 3.8) is 0 Å². The molecule has 1 aromatic heterocycles. The van der Waals surface area contributed by atoms with E-state index in [0.29, 0.717) is 16.7 Å². The van der Waals surface area contributed by atoms with Crippen LogP contribution in [0.1, 0.15) is 18.6 Å². The molecule has 1 fully saturated rings. The number of carbonyl (C=O) groups is 1. The quantitative estimate of drug-likeness (QED) is 0.868. The van der Waals surface area contributed by atoms with Gasteiger partial charge in [0.05, 0.1) is 11.2 Å². The number of carboxylic acids is 1. The van der Waals surface area contributed by atoms with E-state index in [1.807, 2.05) is 6.07 Å². The third kappa shape index (κ3) is 2.49. The number of hydrogen-bond acceptors (Lipinski definition) is 3. The van der Waals surface area contributed by atoms with Crippen molar-refractivity contribution in [1.29, 1.82) is 0 Å². The second-order valence-electron chi connectivity index (χ2n) is 3.78. The smallest absolute Gasteiger partial charge is 0.310 e. The molecule has 0 aromatic carbocycles. The van der Waals surface area contributed by atoms with Crippen LogP contribution in [0.5, 0.6) is 0 Å². The third-order valence-corrected chi connectivity index (χ3v) is 4.01. The van der Waals surface area contributed by atoms with Gasteiger partial charge in [0.1, 0.15) is 5.76 Å². The Morgan fingerprint density at radius 2 is 2.33 bits per heavy atom. The van der Waals surface area contributed by atoms with Crippen LogP contribution < -0.4 is 0 Å². The number of carboxylic acid groups (broad SMARTS) is 1. The molecule has 5 heteroatoms. The normalized spacial score (nSPS) is 17.7. The Hall–Kier alpha value is -0.610. The molecular formula is C10H11ClO3S. The maximum absolute atomic E-state index is 10.9. The van der Waals surface area contributed by atoms with Crippen molar-refractivity contribution in [2.75, 3.05) is 5.75 Å². The number of halogens is 1. The lowest BCUT2D eigenvalue weighted by atomic mass is 10.1. The van der Waals surface area contributed by atoms with Crippen LogP contribution in [0, 0.1) is 5.41 Å². The molecular weight excluding hydrogens is 236 g/mol. The molecule has 1 heterocycles. The van der Waals surface area contributed by atoms with E-state index in [-0.39, 0.29) is 0 Å². The monoisotopic (exact) mass is 246 g/mol. The van der Waals surface area contributed by atoms with Crippen LogP contribution in [-0.4, -0.2) is 16.8 Å². The number of thioether (sulfide) groups is 1. The second kappa shape index (κ2) is 4.10. The number of rotatable bonds is 5. The molecule has 1 saturated carbocycles. The third-order valence-electron chi connectivity index (χ3n) is 2.56. The second-order valence-corrected chi connectivity index (χ2v) is 5.14. The van der Waals surface area contributed by atoms with Gasteiger partial charge in [-0.3, -0.25) is 4.79 Å². The van der Waals surface area contributed by atoms with E-state index in [9.17, 15) is 4.79 Å². The lowest BCUT2D eigenvalue weighted by molar-refractivity contribution is -0.142. The van der Waals surface area contributed by atoms with Crippen LogP contribution in [0.4, 0.5) is 0 Å². The van der Waals surface area contributed by atoms with Crippen molar-refractivity contribution in [2.45, 2.75) is 18.6 Å². The van der Waals surface area contributed by atoms with Gasteiger partial charge < -0.3 is 9.52 Å². The number of aliphatic carboxylic acids is 1. The van der Waals surface area contributed by atoms with Crippen LogP contribution in [-0.2, 0) is 10.5 Å². The molecule has 15 heavy (non-hydrogen) atoms. The summed E-state index contributed by atoms with van der Waals surface area (Å²) < 4.78 is 5.18. The van der Waals surface area contributed by atoms with Gasteiger partial charge in [-0.2, -0.15) is 11.8 Å². The first kappa shape index (κ1) is 10.9. The van der Waals surface area contributed by atoms with E-state index in [1.54, 1.807) is 17.8 Å². The Morgan fingerprint density at radius 3 is 2.80 bits per heavy atom. The first-order chi connectivity index (χ1) is 7.12. The van der Waals surface area contributed by atoms with E-state index in [4.69, 9.17) is 21.1 Å². The van der Waals surface area contributed by atoms with Crippen LogP contribution in [0.2, 0.25) is 5.22 Å². The predicted molar refractivity (Wildman–Crippen MR) is 59.2 cm³/mol. The van der Waals surface area contributed by atoms with Gasteiger partial charge in [0.15, 0.2) is 5.22 Å². The highest BCUT2D eigenvalue weighted by Gasteiger charge is 2.49. The van der Waals surface area contributed by atoms with Gasteiger partial charge in [-0.1, -0.05) is 0 Å². The molecule has 1 N–H and O–H groups in total. The summed E-state index contributed by atoms with van der Waals surface area (Å²) in [5, 5.41) is 9.33. The van der Waals surface area contributed by atoms with Crippen molar-refractivity contribution in [2.24, 2.45) is 5.41 Å². The zero-order valence-electron chi connectivity index (χ0n) is 8.03. The lowest BCUT2D eigenvalue weighted by Crippen LogP contribution is -2.17. The summed E-state index contributed by atoms with van der Waals surface area (Å²) in [6, 6.07) is 3.51. The summed E-state index contributed by atoms with van der Waals surface area (Å²) in [4.78, 5) is 10.9. The van der Waals surface area contributed by atoms with E-state index < -0.39 is 11.4 Å². The summed E-state index contributed by atoms with van der Waals surface area (Å²) in [5.74, 6) is 1.46. The Kier molecular flexibility index (Phi) is 2.98. The van der Waals surface area contributed by atoms with Crippen molar-refractivity contribution < 1.29 is 14.3 Å². The molecule has 1 aromatic rings. The lowest BCUT2D eigenvalue weighted by Gasteiger charge is -2.07. The zero-order valence-corrected chi connectivity index (χ0v) is 9.61. The molecule has 0 radical (unpaired) electrons. The molecule has 0 atom stereocenters. The van der Waals surface area contributed by atoms with Crippen molar-refractivity contribution in [1.82, 2.24) is 0 Å². The van der Waals surface area contributed by atoms with Crippen LogP contribution in [0.25, 0.3) is 0 Å². The Balaban J connectivity index is 1.78. The predicted octanol–water partition coefficient (Wildman–Crippen LogP) is 3.03. The zero-order chi connectivity index (χ0) is 10.9. The Bertz CT molecular complexity index is 370. The van der Waals surface area contributed by atoms with Gasteiger partial charge in [-0.05, 0) is 36.6 Å². The van der Waals surface area contributed by atoms with Crippen molar-refractivity contribution in [3.05, 3.63) is 23.1 Å². The minimum atomic E-state index is -0.674. The molecule has 0 saturated heterocycles. The topological polar surface area (TPSA) is 50.4 Å². The van der Waals surface area contributed by atoms with Gasteiger partial charge in [0.25, 0.3) is 0 Å². The summed E-state index contributed by atoms with van der Waals surface area (Å²) in [6.45, 7) is 0. The first-order valence-corrected chi connectivity index (χ1v) is 6.21. The summed E-state index contributed by atoms with van der Waals surface area (Å²) in [7, 11) is 0. The van der Waals surface area contributed by atoms with Crippen LogP contribution in [0.3, 0.4) is 0 Å². The number of furan rings is 1. The van der Waals surface area contributed by atoms with Gasteiger partial charge >= 0.3 is 5.97 Å². The molecule has 3 nitrogen and oxygen atoms in total. The SMILES string of the molecule is O=C(O)C1(CSCc2ccc(Cl)o2)CC1. The van der Waals surface area contributed by atoms with Gasteiger partial charge in [-0.15, -0.1) is 0 Å². The van der Waals surface area contributed by atoms with Gasteiger partial charge in [0, 0.05) is 5.75 Å². The highest BCUT2D eigenvalue weighted by molar-refractivity contribution is 7.98. The molecule has 82 valence electrons. The fraction of sp³-hybridized carbons (Fsp3) is 0.500. The van der Waals surface area contributed by atoms with Crippen molar-refractivity contribution in [3.8, 4) is 0 Å². The van der Waals surface area contributed by atoms with Gasteiger partial charge in [0.2, 0.25) is 0 Å². The molecule has 0 bridgehead atoms. The van der Waals surface area contributed by atoms with E-state index in [2.05, 4.69) is 0 Å². The molecule has 0 spiro atoms. The minimum absolute atomic E-state index is 0.380. The molecule has 0 amide bonds. The summed E-state index contributed by atoms with van der Waals surface area (Å²) in [6.07, 6.45) is 1.60. The van der Waals surface area contributed by atoms with E-state index in [0.717, 1.165) is 18.6 Å². The average molecular weight is 247 g/mol. The highest BCUT2D eigenvalue weighted by Crippen LogP contribution is 2.48.